The maximum Gasteiger partial charge on any atom is 0.270 e. The van der Waals surface area contributed by atoms with Crippen molar-refractivity contribution in [1.29, 1.82) is 0 Å². The summed E-state index contributed by atoms with van der Waals surface area (Å²) in [5.41, 5.74) is 6.04. The molecule has 0 radical (unpaired) electrons. The van der Waals surface area contributed by atoms with Crippen LogP contribution in [-0.4, -0.2) is 23.5 Å². The van der Waals surface area contributed by atoms with Crippen molar-refractivity contribution in [3.05, 3.63) is 16.1 Å². The first kappa shape index (κ1) is 14.5. The van der Waals surface area contributed by atoms with Crippen molar-refractivity contribution in [1.82, 2.24) is 10.3 Å². The third kappa shape index (κ3) is 4.58. The lowest BCUT2D eigenvalue weighted by Gasteiger charge is -2.20. The molecule has 0 saturated heterocycles. The van der Waals surface area contributed by atoms with E-state index in [-0.39, 0.29) is 5.91 Å². The summed E-state index contributed by atoms with van der Waals surface area (Å²) in [6.07, 6.45) is 9.34. The van der Waals surface area contributed by atoms with E-state index in [1.807, 2.05) is 5.38 Å². The summed E-state index contributed by atoms with van der Waals surface area (Å²) in [4.78, 5) is 16.5. The number of nitrogens with two attached hydrogens (primary N) is 1. The van der Waals surface area contributed by atoms with Crippen LogP contribution in [0.1, 0.15) is 60.4 Å². The van der Waals surface area contributed by atoms with Crippen molar-refractivity contribution in [2.75, 3.05) is 6.54 Å². The zero-order valence-corrected chi connectivity index (χ0v) is 12.2. The highest BCUT2D eigenvalue weighted by molar-refractivity contribution is 7.09. The number of hydrogen-bond donors (Lipinski definition) is 2. The van der Waals surface area contributed by atoms with Gasteiger partial charge in [0.25, 0.3) is 5.91 Å². The Bertz CT molecular complexity index is 397. The lowest BCUT2D eigenvalue weighted by Crippen LogP contribution is -2.35. The largest absolute Gasteiger partial charge is 0.348 e. The summed E-state index contributed by atoms with van der Waals surface area (Å²) >= 11 is 1.52. The highest BCUT2D eigenvalue weighted by atomic mass is 32.1. The third-order valence-electron chi connectivity index (χ3n) is 3.58. The van der Waals surface area contributed by atoms with Gasteiger partial charge in [-0.05, 0) is 19.4 Å². The smallest absolute Gasteiger partial charge is 0.270 e. The van der Waals surface area contributed by atoms with Crippen molar-refractivity contribution in [3.8, 4) is 0 Å². The number of rotatable bonds is 4. The SMILES string of the molecule is NCCc1nc(C(=O)NC2CCCCCCC2)cs1. The van der Waals surface area contributed by atoms with Gasteiger partial charge in [0.2, 0.25) is 0 Å². The molecule has 0 aliphatic heterocycles. The van der Waals surface area contributed by atoms with Crippen molar-refractivity contribution < 1.29 is 4.79 Å². The van der Waals surface area contributed by atoms with E-state index in [2.05, 4.69) is 10.3 Å². The molecule has 5 heteroatoms. The molecule has 2 rings (SSSR count). The van der Waals surface area contributed by atoms with Crippen molar-refractivity contribution in [2.24, 2.45) is 5.73 Å². The van der Waals surface area contributed by atoms with Crippen molar-refractivity contribution in [2.45, 2.75) is 57.4 Å². The third-order valence-corrected chi connectivity index (χ3v) is 4.49. The Hall–Kier alpha value is -0.940. The van der Waals surface area contributed by atoms with E-state index in [9.17, 15) is 4.79 Å². The molecule has 106 valence electrons. The molecule has 1 aliphatic rings. The van der Waals surface area contributed by atoms with Crippen LogP contribution < -0.4 is 11.1 Å². The van der Waals surface area contributed by atoms with Crippen molar-refractivity contribution >= 4 is 17.2 Å². The van der Waals surface area contributed by atoms with Crippen LogP contribution in [0.4, 0.5) is 0 Å². The molecule has 0 bridgehead atoms. The molecule has 1 amide bonds. The fourth-order valence-electron chi connectivity index (χ4n) is 2.51. The highest BCUT2D eigenvalue weighted by Gasteiger charge is 2.17. The quantitative estimate of drug-likeness (QED) is 0.891. The second-order valence-corrected chi connectivity index (χ2v) is 6.12. The molecule has 19 heavy (non-hydrogen) atoms. The zero-order valence-electron chi connectivity index (χ0n) is 11.4. The number of aromatic nitrogens is 1. The summed E-state index contributed by atoms with van der Waals surface area (Å²) in [5.74, 6) is -0.0231. The summed E-state index contributed by atoms with van der Waals surface area (Å²) in [7, 11) is 0. The molecule has 1 heterocycles. The van der Waals surface area contributed by atoms with Gasteiger partial charge in [0, 0.05) is 17.8 Å². The first-order chi connectivity index (χ1) is 9.29. The van der Waals surface area contributed by atoms with E-state index < -0.39 is 0 Å². The molecule has 0 spiro atoms. The average Bonchev–Trinajstić information content (AvgIpc) is 2.81. The Labute approximate surface area is 118 Å². The maximum absolute atomic E-state index is 12.1. The van der Waals surface area contributed by atoms with E-state index in [4.69, 9.17) is 5.73 Å². The molecular weight excluding hydrogens is 258 g/mol. The second-order valence-electron chi connectivity index (χ2n) is 5.18. The number of carbonyl (C=O) groups is 1. The van der Waals surface area contributed by atoms with Crippen LogP contribution in [0.5, 0.6) is 0 Å². The van der Waals surface area contributed by atoms with Crippen LogP contribution in [0, 0.1) is 0 Å². The molecule has 3 N–H and O–H groups in total. The Morgan fingerprint density at radius 2 is 2.00 bits per heavy atom. The van der Waals surface area contributed by atoms with Crippen LogP contribution in [0.15, 0.2) is 5.38 Å². The Kier molecular flexibility index (Phi) is 5.79. The van der Waals surface area contributed by atoms with E-state index in [0.717, 1.165) is 24.3 Å². The minimum absolute atomic E-state index is 0.0231. The van der Waals surface area contributed by atoms with Crippen LogP contribution in [0.2, 0.25) is 0 Å². The van der Waals surface area contributed by atoms with Gasteiger partial charge in [-0.15, -0.1) is 11.3 Å². The summed E-state index contributed by atoms with van der Waals surface area (Å²) in [6, 6.07) is 0.326. The molecule has 1 aromatic rings. The number of thiazole rings is 1. The Morgan fingerprint density at radius 1 is 1.32 bits per heavy atom. The number of nitrogens with one attached hydrogen (secondary N) is 1. The van der Waals surface area contributed by atoms with Gasteiger partial charge in [-0.2, -0.15) is 0 Å². The first-order valence-electron chi connectivity index (χ1n) is 7.25. The molecule has 1 saturated carbocycles. The molecule has 0 aromatic carbocycles. The van der Waals surface area contributed by atoms with Crippen LogP contribution in [0.25, 0.3) is 0 Å². The normalized spacial score (nSPS) is 17.7. The summed E-state index contributed by atoms with van der Waals surface area (Å²) in [5, 5.41) is 5.92. The van der Waals surface area contributed by atoms with E-state index in [0.29, 0.717) is 18.3 Å². The Balaban J connectivity index is 1.87. The van der Waals surface area contributed by atoms with Gasteiger partial charge in [-0.1, -0.05) is 32.1 Å². The van der Waals surface area contributed by atoms with Gasteiger partial charge in [0.1, 0.15) is 5.69 Å². The molecule has 4 nitrogen and oxygen atoms in total. The van der Waals surface area contributed by atoms with Gasteiger partial charge in [-0.3, -0.25) is 4.79 Å². The lowest BCUT2D eigenvalue weighted by atomic mass is 9.97. The topological polar surface area (TPSA) is 68.0 Å². The number of carbonyl (C=O) groups excluding carboxylic acids is 1. The number of amides is 1. The fraction of sp³-hybridized carbons (Fsp3) is 0.714. The zero-order chi connectivity index (χ0) is 13.5. The van der Waals surface area contributed by atoms with Crippen LogP contribution in [0.3, 0.4) is 0 Å². The fourth-order valence-corrected chi connectivity index (χ4v) is 3.31. The van der Waals surface area contributed by atoms with Gasteiger partial charge in [0.05, 0.1) is 5.01 Å². The summed E-state index contributed by atoms with van der Waals surface area (Å²) < 4.78 is 0. The molecular formula is C14H23N3OS. The second kappa shape index (κ2) is 7.60. The monoisotopic (exact) mass is 281 g/mol. The number of nitrogens with zero attached hydrogens (tertiary/aromatic N) is 1. The average molecular weight is 281 g/mol. The van der Waals surface area contributed by atoms with Gasteiger partial charge in [0.15, 0.2) is 0 Å². The molecule has 1 aromatic heterocycles. The maximum atomic E-state index is 12.1. The Morgan fingerprint density at radius 3 is 2.68 bits per heavy atom. The van der Waals surface area contributed by atoms with E-state index >= 15 is 0 Å². The van der Waals surface area contributed by atoms with E-state index in [1.165, 1.54) is 43.4 Å². The molecule has 0 unspecified atom stereocenters. The molecule has 0 atom stereocenters. The standard InChI is InChI=1S/C14H23N3OS/c15-9-8-13-17-12(10-19-13)14(18)16-11-6-4-2-1-3-5-7-11/h10-11H,1-9,15H2,(H,16,18). The molecule has 1 fully saturated rings. The van der Waals surface area contributed by atoms with Crippen molar-refractivity contribution in [3.63, 3.8) is 0 Å². The lowest BCUT2D eigenvalue weighted by molar-refractivity contribution is 0.0926. The minimum Gasteiger partial charge on any atom is -0.348 e. The minimum atomic E-state index is -0.0231. The van der Waals surface area contributed by atoms with Gasteiger partial charge >= 0.3 is 0 Å². The van der Waals surface area contributed by atoms with E-state index in [1.54, 1.807) is 0 Å². The summed E-state index contributed by atoms with van der Waals surface area (Å²) in [6.45, 7) is 0.581. The highest BCUT2D eigenvalue weighted by Crippen LogP contribution is 2.18. The number of hydrogen-bond acceptors (Lipinski definition) is 4. The van der Waals surface area contributed by atoms with Gasteiger partial charge < -0.3 is 11.1 Å². The molecule has 1 aliphatic carbocycles. The first-order valence-corrected chi connectivity index (χ1v) is 8.13. The van der Waals surface area contributed by atoms with Gasteiger partial charge in [-0.25, -0.2) is 4.98 Å². The predicted molar refractivity (Wildman–Crippen MR) is 78.4 cm³/mol. The van der Waals surface area contributed by atoms with Crippen LogP contribution >= 0.6 is 11.3 Å². The predicted octanol–water partition coefficient (Wildman–Crippen LogP) is 2.49. The van der Waals surface area contributed by atoms with Crippen LogP contribution in [-0.2, 0) is 6.42 Å².